The van der Waals surface area contributed by atoms with Crippen LogP contribution in [0, 0.1) is 0 Å². The number of sulfone groups is 1. The van der Waals surface area contributed by atoms with Crippen LogP contribution in [-0.4, -0.2) is 20.1 Å². The molecule has 2 aromatic carbocycles. The van der Waals surface area contributed by atoms with Crippen molar-refractivity contribution in [3.05, 3.63) is 72.3 Å². The van der Waals surface area contributed by atoms with Crippen molar-refractivity contribution in [2.75, 3.05) is 17.4 Å². The van der Waals surface area contributed by atoms with Gasteiger partial charge in [-0.1, -0.05) is 42.5 Å². The molecule has 5 heteroatoms. The first-order valence-electron chi connectivity index (χ1n) is 7.36. The third-order valence-corrected chi connectivity index (χ3v) is 4.61. The van der Waals surface area contributed by atoms with Crippen LogP contribution in [0.3, 0.4) is 0 Å². The predicted molar refractivity (Wildman–Crippen MR) is 94.2 cm³/mol. The normalized spacial score (nSPS) is 11.1. The van der Waals surface area contributed by atoms with Crippen LogP contribution in [0.15, 0.2) is 61.2 Å². The largest absolute Gasteiger partial charge is 0.476 e. The molecule has 122 valence electrons. The van der Waals surface area contributed by atoms with E-state index in [2.05, 4.69) is 18.7 Å². The fourth-order valence-electron chi connectivity index (χ4n) is 2.20. The molecule has 0 bridgehead atoms. The molecule has 4 nitrogen and oxygen atoms in total. The Balaban J connectivity index is 1.96. The van der Waals surface area contributed by atoms with Crippen molar-refractivity contribution >= 4 is 15.5 Å². The first-order chi connectivity index (χ1) is 11.0. The standard InChI is InChI=1S/C18H21NO3S/c1-2-12-23(20,21)14-22-18-11-10-16(13-17(18)19)9-8-15-6-4-3-5-7-15/h2-7,10-11,13H,1,8-9,12,14,19H2. The van der Waals surface area contributed by atoms with Crippen molar-refractivity contribution in [1.29, 1.82) is 0 Å². The molecule has 0 saturated heterocycles. The second-order valence-electron chi connectivity index (χ2n) is 5.32. The molecule has 2 N–H and O–H groups in total. The Kier molecular flexibility index (Phi) is 5.82. The lowest BCUT2D eigenvalue weighted by atomic mass is 10.0. The molecule has 0 fully saturated rings. The van der Waals surface area contributed by atoms with Gasteiger partial charge in [-0.3, -0.25) is 0 Å². The average molecular weight is 331 g/mol. The molecule has 0 spiro atoms. The van der Waals surface area contributed by atoms with Crippen LogP contribution < -0.4 is 10.5 Å². The smallest absolute Gasteiger partial charge is 0.189 e. The van der Waals surface area contributed by atoms with E-state index in [0.717, 1.165) is 18.4 Å². The molecule has 0 aromatic heterocycles. The topological polar surface area (TPSA) is 69.4 Å². The van der Waals surface area contributed by atoms with Gasteiger partial charge in [-0.25, -0.2) is 8.42 Å². The lowest BCUT2D eigenvalue weighted by Crippen LogP contribution is -2.15. The van der Waals surface area contributed by atoms with Crippen LogP contribution in [0.4, 0.5) is 5.69 Å². The van der Waals surface area contributed by atoms with Gasteiger partial charge in [-0.15, -0.1) is 6.58 Å². The molecule has 0 atom stereocenters. The quantitative estimate of drug-likeness (QED) is 0.596. The molecule has 0 aliphatic carbocycles. The van der Waals surface area contributed by atoms with Crippen molar-refractivity contribution in [3.8, 4) is 5.75 Å². The number of nitrogens with two attached hydrogens (primary N) is 1. The maximum atomic E-state index is 11.6. The van der Waals surface area contributed by atoms with Crippen molar-refractivity contribution < 1.29 is 13.2 Å². The zero-order valence-electron chi connectivity index (χ0n) is 12.9. The highest BCUT2D eigenvalue weighted by molar-refractivity contribution is 7.91. The molecule has 0 radical (unpaired) electrons. The number of aryl methyl sites for hydroxylation is 2. The monoisotopic (exact) mass is 331 g/mol. The van der Waals surface area contributed by atoms with Crippen LogP contribution in [0.1, 0.15) is 11.1 Å². The highest BCUT2D eigenvalue weighted by Crippen LogP contribution is 2.23. The minimum atomic E-state index is -3.30. The van der Waals surface area contributed by atoms with Gasteiger partial charge < -0.3 is 10.5 Å². The van der Waals surface area contributed by atoms with E-state index < -0.39 is 15.8 Å². The molecule has 2 aromatic rings. The number of hydrogen-bond acceptors (Lipinski definition) is 4. The third-order valence-electron chi connectivity index (χ3n) is 3.39. The van der Waals surface area contributed by atoms with Gasteiger partial charge in [-0.05, 0) is 36.1 Å². The van der Waals surface area contributed by atoms with Gasteiger partial charge in [0.25, 0.3) is 0 Å². The summed E-state index contributed by atoms with van der Waals surface area (Å²) in [4.78, 5) is 0. The maximum absolute atomic E-state index is 11.6. The Morgan fingerprint density at radius 1 is 1.04 bits per heavy atom. The second-order valence-corrected chi connectivity index (χ2v) is 7.38. The van der Waals surface area contributed by atoms with Gasteiger partial charge in [0, 0.05) is 0 Å². The molecular weight excluding hydrogens is 310 g/mol. The minimum Gasteiger partial charge on any atom is -0.476 e. The summed E-state index contributed by atoms with van der Waals surface area (Å²) >= 11 is 0. The van der Waals surface area contributed by atoms with E-state index in [1.807, 2.05) is 30.3 Å². The summed E-state index contributed by atoms with van der Waals surface area (Å²) < 4.78 is 28.5. The molecule has 0 amide bonds. The summed E-state index contributed by atoms with van der Waals surface area (Å²) in [5.41, 5.74) is 8.76. The van der Waals surface area contributed by atoms with Gasteiger partial charge in [0.1, 0.15) is 5.75 Å². The first-order valence-corrected chi connectivity index (χ1v) is 9.19. The molecule has 0 saturated carbocycles. The van der Waals surface area contributed by atoms with Crippen molar-refractivity contribution in [2.24, 2.45) is 0 Å². The lowest BCUT2D eigenvalue weighted by molar-refractivity contribution is 0.379. The van der Waals surface area contributed by atoms with E-state index >= 15 is 0 Å². The van der Waals surface area contributed by atoms with Crippen LogP contribution >= 0.6 is 0 Å². The molecule has 0 unspecified atom stereocenters. The number of nitrogen functional groups attached to an aromatic ring is 1. The minimum absolute atomic E-state index is 0.109. The molecule has 0 heterocycles. The Hall–Kier alpha value is -2.27. The van der Waals surface area contributed by atoms with Crippen LogP contribution in [0.5, 0.6) is 5.75 Å². The fourth-order valence-corrected chi connectivity index (χ4v) is 2.96. The van der Waals surface area contributed by atoms with E-state index in [1.54, 1.807) is 6.07 Å². The lowest BCUT2D eigenvalue weighted by Gasteiger charge is -2.10. The predicted octanol–water partition coefficient (Wildman–Crippen LogP) is 2.99. The van der Waals surface area contributed by atoms with E-state index in [0.29, 0.717) is 11.4 Å². The summed E-state index contributed by atoms with van der Waals surface area (Å²) in [5.74, 6) is -0.115. The Morgan fingerprint density at radius 2 is 1.74 bits per heavy atom. The number of ether oxygens (including phenoxy) is 1. The van der Waals surface area contributed by atoms with E-state index in [1.165, 1.54) is 11.6 Å². The second kappa shape index (κ2) is 7.83. The van der Waals surface area contributed by atoms with Crippen LogP contribution in [0.25, 0.3) is 0 Å². The van der Waals surface area contributed by atoms with Gasteiger partial charge in [0.05, 0.1) is 11.4 Å². The van der Waals surface area contributed by atoms with Crippen molar-refractivity contribution in [1.82, 2.24) is 0 Å². The summed E-state index contributed by atoms with van der Waals surface area (Å²) in [5, 5.41) is 0. The highest BCUT2D eigenvalue weighted by atomic mass is 32.2. The average Bonchev–Trinajstić information content (AvgIpc) is 2.53. The van der Waals surface area contributed by atoms with Gasteiger partial charge >= 0.3 is 0 Å². The number of rotatable bonds is 8. The molecular formula is C18H21NO3S. The zero-order valence-corrected chi connectivity index (χ0v) is 13.8. The van der Waals surface area contributed by atoms with Crippen LogP contribution in [0.2, 0.25) is 0 Å². The van der Waals surface area contributed by atoms with Crippen molar-refractivity contribution in [2.45, 2.75) is 12.8 Å². The van der Waals surface area contributed by atoms with Gasteiger partial charge in [-0.2, -0.15) is 0 Å². The number of anilines is 1. The van der Waals surface area contributed by atoms with E-state index in [4.69, 9.17) is 10.5 Å². The summed E-state index contributed by atoms with van der Waals surface area (Å²) in [6, 6.07) is 15.7. The fraction of sp³-hybridized carbons (Fsp3) is 0.222. The highest BCUT2D eigenvalue weighted by Gasteiger charge is 2.11. The Bertz CT molecular complexity index is 755. The van der Waals surface area contributed by atoms with Crippen LogP contribution in [-0.2, 0) is 22.7 Å². The third kappa shape index (κ3) is 5.45. The summed E-state index contributed by atoms with van der Waals surface area (Å²) in [6.45, 7) is 3.42. The van der Waals surface area contributed by atoms with Crippen molar-refractivity contribution in [3.63, 3.8) is 0 Å². The van der Waals surface area contributed by atoms with Gasteiger partial charge in [0.15, 0.2) is 15.8 Å². The summed E-state index contributed by atoms with van der Waals surface area (Å²) in [6.07, 6.45) is 3.13. The molecule has 23 heavy (non-hydrogen) atoms. The number of hydrogen-bond donors (Lipinski definition) is 1. The first kappa shape index (κ1) is 17.1. The zero-order chi connectivity index (χ0) is 16.7. The Labute approximate surface area is 137 Å². The van der Waals surface area contributed by atoms with E-state index in [9.17, 15) is 8.42 Å². The number of benzene rings is 2. The molecule has 0 aliphatic rings. The molecule has 2 rings (SSSR count). The van der Waals surface area contributed by atoms with Gasteiger partial charge in [0.2, 0.25) is 0 Å². The maximum Gasteiger partial charge on any atom is 0.189 e. The summed E-state index contributed by atoms with van der Waals surface area (Å²) in [7, 11) is -3.30. The molecule has 0 aliphatic heterocycles. The van der Waals surface area contributed by atoms with E-state index in [-0.39, 0.29) is 5.75 Å². The Morgan fingerprint density at radius 3 is 2.39 bits per heavy atom. The SMILES string of the molecule is C=CCS(=O)(=O)COc1ccc(CCc2ccccc2)cc1N.